The molecule has 1 aromatic heterocycles. The summed E-state index contributed by atoms with van der Waals surface area (Å²) in [5, 5.41) is 0. The first-order valence-electron chi connectivity index (χ1n) is 6.20. The monoisotopic (exact) mass is 258 g/mol. The molecular weight excluding hydrogens is 240 g/mol. The van der Waals surface area contributed by atoms with E-state index in [0.717, 1.165) is 16.0 Å². The molecule has 0 saturated carbocycles. The van der Waals surface area contributed by atoms with Gasteiger partial charge in [-0.3, -0.25) is 4.79 Å². The first-order valence-corrected chi connectivity index (χ1v) is 7.02. The van der Waals surface area contributed by atoms with Crippen LogP contribution in [0.4, 0.5) is 0 Å². The molecule has 1 aromatic carbocycles. The molecule has 0 unspecified atom stereocenters. The number of hydrogen-bond acceptors (Lipinski definition) is 2. The van der Waals surface area contributed by atoms with E-state index in [2.05, 4.69) is 13.8 Å². The Morgan fingerprint density at radius 2 is 1.72 bits per heavy atom. The van der Waals surface area contributed by atoms with Crippen LogP contribution in [0.1, 0.15) is 51.0 Å². The van der Waals surface area contributed by atoms with Gasteiger partial charge >= 0.3 is 0 Å². The zero-order valence-electron chi connectivity index (χ0n) is 11.3. The zero-order valence-corrected chi connectivity index (χ0v) is 12.1. The summed E-state index contributed by atoms with van der Waals surface area (Å²) >= 11 is 1.68. The lowest BCUT2D eigenvalue weighted by Crippen LogP contribution is -2.01. The van der Waals surface area contributed by atoms with Crippen molar-refractivity contribution in [1.29, 1.82) is 0 Å². The van der Waals surface area contributed by atoms with E-state index in [0.29, 0.717) is 5.92 Å². The molecule has 18 heavy (non-hydrogen) atoms. The second-order valence-electron chi connectivity index (χ2n) is 4.93. The Morgan fingerprint density at radius 1 is 1.11 bits per heavy atom. The highest BCUT2D eigenvalue weighted by molar-refractivity contribution is 7.12. The average molecular weight is 258 g/mol. The van der Waals surface area contributed by atoms with Gasteiger partial charge in [0, 0.05) is 20.9 Å². The van der Waals surface area contributed by atoms with Gasteiger partial charge in [0.2, 0.25) is 0 Å². The molecule has 0 saturated heterocycles. The van der Waals surface area contributed by atoms with Crippen LogP contribution in [0.2, 0.25) is 0 Å². The lowest BCUT2D eigenvalue weighted by molar-refractivity contribution is 0.103. The van der Waals surface area contributed by atoms with Crippen molar-refractivity contribution >= 4 is 17.1 Å². The smallest absolute Gasteiger partial charge is 0.194 e. The molecule has 0 fully saturated rings. The number of thiophene rings is 1. The van der Waals surface area contributed by atoms with Crippen molar-refractivity contribution in [3.8, 4) is 0 Å². The number of aryl methyl sites for hydroxylation is 2. The van der Waals surface area contributed by atoms with Crippen molar-refractivity contribution in [2.75, 3.05) is 0 Å². The van der Waals surface area contributed by atoms with Gasteiger partial charge in [0.05, 0.1) is 0 Å². The van der Waals surface area contributed by atoms with E-state index in [1.165, 1.54) is 10.4 Å². The predicted octanol–water partition coefficient (Wildman–Crippen LogP) is 4.72. The summed E-state index contributed by atoms with van der Waals surface area (Å²) in [6, 6.07) is 9.95. The molecule has 0 bridgehead atoms. The minimum absolute atomic E-state index is 0.132. The van der Waals surface area contributed by atoms with E-state index >= 15 is 0 Å². The van der Waals surface area contributed by atoms with Crippen LogP contribution in [0.25, 0.3) is 0 Å². The van der Waals surface area contributed by atoms with Crippen LogP contribution in [0.15, 0.2) is 30.3 Å². The van der Waals surface area contributed by atoms with Crippen LogP contribution in [-0.4, -0.2) is 5.78 Å². The third kappa shape index (κ3) is 2.54. The van der Waals surface area contributed by atoms with Crippen LogP contribution in [-0.2, 0) is 0 Å². The Hall–Kier alpha value is -1.41. The molecule has 2 rings (SSSR count). The molecule has 2 aromatic rings. The van der Waals surface area contributed by atoms with Crippen molar-refractivity contribution in [2.24, 2.45) is 0 Å². The molecule has 0 aliphatic rings. The predicted molar refractivity (Wildman–Crippen MR) is 77.8 cm³/mol. The lowest BCUT2D eigenvalue weighted by atomic mass is 9.98. The highest BCUT2D eigenvalue weighted by Crippen LogP contribution is 2.24. The van der Waals surface area contributed by atoms with E-state index < -0.39 is 0 Å². The number of carbonyl (C=O) groups is 1. The highest BCUT2D eigenvalue weighted by atomic mass is 32.1. The van der Waals surface area contributed by atoms with Gasteiger partial charge in [0.1, 0.15) is 0 Å². The number of carbonyl (C=O) groups excluding carboxylic acids is 1. The molecule has 0 atom stereocenters. The molecule has 0 amide bonds. The van der Waals surface area contributed by atoms with E-state index in [9.17, 15) is 4.79 Å². The molecule has 1 nitrogen and oxygen atoms in total. The molecular formula is C16H18OS. The molecule has 0 radical (unpaired) electrons. The van der Waals surface area contributed by atoms with Crippen molar-refractivity contribution in [3.63, 3.8) is 0 Å². The largest absolute Gasteiger partial charge is 0.289 e. The van der Waals surface area contributed by atoms with E-state index in [1.807, 2.05) is 44.2 Å². The third-order valence-electron chi connectivity index (χ3n) is 3.13. The summed E-state index contributed by atoms with van der Waals surface area (Å²) in [6.45, 7) is 8.36. The quantitative estimate of drug-likeness (QED) is 0.728. The SMILES string of the molecule is Cc1cc(C(=O)c2ccc(C(C)C)cc2)c(C)s1. The van der Waals surface area contributed by atoms with Gasteiger partial charge in [0.25, 0.3) is 0 Å². The summed E-state index contributed by atoms with van der Waals surface area (Å²) in [4.78, 5) is 14.7. The second-order valence-corrected chi connectivity index (χ2v) is 6.39. The Morgan fingerprint density at radius 3 is 2.17 bits per heavy atom. The van der Waals surface area contributed by atoms with E-state index in [4.69, 9.17) is 0 Å². The van der Waals surface area contributed by atoms with Gasteiger partial charge in [-0.2, -0.15) is 0 Å². The van der Waals surface area contributed by atoms with Gasteiger partial charge < -0.3 is 0 Å². The molecule has 1 heterocycles. The van der Waals surface area contributed by atoms with Crippen LogP contribution in [0, 0.1) is 13.8 Å². The molecule has 0 spiro atoms. The Kier molecular flexibility index (Phi) is 3.67. The summed E-state index contributed by atoms with van der Waals surface area (Å²) in [7, 11) is 0. The van der Waals surface area contributed by atoms with Crippen molar-refractivity contribution < 1.29 is 4.79 Å². The van der Waals surface area contributed by atoms with Crippen LogP contribution in [0.5, 0.6) is 0 Å². The zero-order chi connectivity index (χ0) is 13.3. The Labute approximate surface area is 112 Å². The van der Waals surface area contributed by atoms with Gasteiger partial charge in [0.15, 0.2) is 5.78 Å². The topological polar surface area (TPSA) is 17.1 Å². The summed E-state index contributed by atoms with van der Waals surface area (Å²) in [5.41, 5.74) is 2.89. The van der Waals surface area contributed by atoms with Crippen LogP contribution in [0.3, 0.4) is 0 Å². The molecule has 0 N–H and O–H groups in total. The van der Waals surface area contributed by atoms with Gasteiger partial charge in [-0.05, 0) is 31.4 Å². The maximum Gasteiger partial charge on any atom is 0.194 e. The highest BCUT2D eigenvalue weighted by Gasteiger charge is 2.14. The fourth-order valence-corrected chi connectivity index (χ4v) is 2.95. The molecule has 2 heteroatoms. The maximum absolute atomic E-state index is 12.4. The van der Waals surface area contributed by atoms with Gasteiger partial charge in [-0.15, -0.1) is 11.3 Å². The first kappa shape index (κ1) is 13.0. The van der Waals surface area contributed by atoms with Crippen molar-refractivity contribution in [3.05, 3.63) is 56.8 Å². The van der Waals surface area contributed by atoms with E-state index in [1.54, 1.807) is 11.3 Å². The van der Waals surface area contributed by atoms with Crippen molar-refractivity contribution in [2.45, 2.75) is 33.6 Å². The van der Waals surface area contributed by atoms with Gasteiger partial charge in [-0.1, -0.05) is 38.1 Å². The number of hydrogen-bond donors (Lipinski definition) is 0. The van der Waals surface area contributed by atoms with E-state index in [-0.39, 0.29) is 5.78 Å². The van der Waals surface area contributed by atoms with Crippen LogP contribution >= 0.6 is 11.3 Å². The number of benzene rings is 1. The number of ketones is 1. The fourth-order valence-electron chi connectivity index (χ4n) is 2.03. The third-order valence-corrected chi connectivity index (χ3v) is 4.09. The molecule has 0 aliphatic heterocycles. The fraction of sp³-hybridized carbons (Fsp3) is 0.312. The Balaban J connectivity index is 2.32. The normalized spacial score (nSPS) is 10.9. The summed E-state index contributed by atoms with van der Waals surface area (Å²) in [6.07, 6.45) is 0. The summed E-state index contributed by atoms with van der Waals surface area (Å²) < 4.78 is 0. The summed E-state index contributed by atoms with van der Waals surface area (Å²) in [5.74, 6) is 0.631. The minimum Gasteiger partial charge on any atom is -0.289 e. The average Bonchev–Trinajstić information content (AvgIpc) is 2.67. The molecule has 94 valence electrons. The first-order chi connectivity index (χ1) is 8.49. The van der Waals surface area contributed by atoms with Crippen molar-refractivity contribution in [1.82, 2.24) is 0 Å². The number of rotatable bonds is 3. The van der Waals surface area contributed by atoms with Crippen LogP contribution < -0.4 is 0 Å². The lowest BCUT2D eigenvalue weighted by Gasteiger charge is -2.06. The second kappa shape index (κ2) is 5.07. The minimum atomic E-state index is 0.132. The van der Waals surface area contributed by atoms with Gasteiger partial charge in [-0.25, -0.2) is 0 Å². The standard InChI is InChI=1S/C16H18OS/c1-10(2)13-5-7-14(8-6-13)16(17)15-9-11(3)18-12(15)4/h5-10H,1-4H3. The maximum atomic E-state index is 12.4. The Bertz CT molecular complexity index is 561. The molecule has 0 aliphatic carbocycles.